The number of ether oxygens (including phenoxy) is 1. The molecule has 26 heavy (non-hydrogen) atoms. The number of amides is 1. The Morgan fingerprint density at radius 1 is 1.08 bits per heavy atom. The maximum atomic E-state index is 11.4. The van der Waals surface area contributed by atoms with Crippen LogP contribution in [0.5, 0.6) is 0 Å². The number of carbonyl (C=O) groups excluding carboxylic acids is 1. The molecule has 0 aromatic rings. The molecule has 2 N–H and O–H groups in total. The van der Waals surface area contributed by atoms with Crippen LogP contribution in [0.2, 0.25) is 51.9 Å². The van der Waals surface area contributed by atoms with Crippen molar-refractivity contribution in [3.63, 3.8) is 0 Å². The molecule has 6 nitrogen and oxygen atoms in total. The largest absolute Gasteiger partial charge is 0.437 e. The summed E-state index contributed by atoms with van der Waals surface area (Å²) in [7, 11) is -5.58. The Bertz CT molecular complexity index is 444. The van der Waals surface area contributed by atoms with E-state index in [1.165, 1.54) is 0 Å². The van der Waals surface area contributed by atoms with Crippen molar-refractivity contribution in [2.45, 2.75) is 71.3 Å². The van der Waals surface area contributed by atoms with Gasteiger partial charge in [0, 0.05) is 18.7 Å². The Morgan fingerprint density at radius 3 is 2.00 bits per heavy atom. The molecule has 0 aromatic heterocycles. The Labute approximate surface area is 162 Å². The summed E-state index contributed by atoms with van der Waals surface area (Å²) < 4.78 is 18.4. The molecule has 9 heteroatoms. The number of hydrogen-bond acceptors (Lipinski definition) is 5. The van der Waals surface area contributed by atoms with E-state index in [-0.39, 0.29) is 19.1 Å². The summed E-state index contributed by atoms with van der Waals surface area (Å²) in [4.78, 5) is 11.4. The van der Waals surface area contributed by atoms with Crippen LogP contribution in [-0.4, -0.2) is 62.1 Å². The first-order valence-electron chi connectivity index (χ1n) is 9.23. The van der Waals surface area contributed by atoms with Crippen molar-refractivity contribution >= 4 is 31.1 Å². The molecule has 1 amide bonds. The van der Waals surface area contributed by atoms with Crippen LogP contribution in [0.4, 0.5) is 0 Å². The van der Waals surface area contributed by atoms with E-state index in [2.05, 4.69) is 57.7 Å². The lowest BCUT2D eigenvalue weighted by atomic mass is 10.3. The molecule has 0 aromatic carbocycles. The topological polar surface area (TPSA) is 77.0 Å². The number of carbonyl (C=O) groups is 1. The smallest absolute Gasteiger partial charge is 0.314 e. The Hall–Kier alpha value is -0.299. The van der Waals surface area contributed by atoms with Gasteiger partial charge in [-0.2, -0.15) is 0 Å². The molecule has 0 rings (SSSR count). The normalized spacial score (nSPS) is 14.2. The maximum Gasteiger partial charge on any atom is 0.314 e. The second-order valence-electron chi connectivity index (χ2n) is 8.89. The van der Waals surface area contributed by atoms with Gasteiger partial charge in [-0.25, -0.2) is 0 Å². The quantitative estimate of drug-likeness (QED) is 0.271. The van der Waals surface area contributed by atoms with Crippen molar-refractivity contribution in [3.8, 4) is 0 Å². The van der Waals surface area contributed by atoms with Crippen LogP contribution in [0.1, 0.15) is 13.3 Å². The summed E-state index contributed by atoms with van der Waals surface area (Å²) in [5, 5.41) is 12.5. The van der Waals surface area contributed by atoms with E-state index in [1.807, 2.05) is 0 Å². The number of aliphatic hydroxyl groups is 1. The third kappa shape index (κ3) is 13.8. The van der Waals surface area contributed by atoms with Crippen molar-refractivity contribution in [2.75, 3.05) is 19.8 Å². The van der Waals surface area contributed by atoms with E-state index < -0.39 is 31.3 Å². The molecule has 0 spiro atoms. The Balaban J connectivity index is 4.26. The predicted octanol–water partition coefficient (Wildman–Crippen LogP) is 3.22. The van der Waals surface area contributed by atoms with Crippen molar-refractivity contribution in [3.05, 3.63) is 12.2 Å². The molecule has 1 unspecified atom stereocenters. The standard InChI is InChI=1S/C17H39NO5Si3/c1-15(2)17(20)18-13-16(19)14-21-11-10-12-26(9,22-24(3,4)5)23-25(6,7)8/h16,19H,1,10-14H2,2-9H3,(H,18,20). The fraction of sp³-hybridized carbons (Fsp3) is 0.824. The summed E-state index contributed by atoms with van der Waals surface area (Å²) >= 11 is 0. The van der Waals surface area contributed by atoms with E-state index in [1.54, 1.807) is 6.92 Å². The number of aliphatic hydroxyl groups excluding tert-OH is 1. The highest BCUT2D eigenvalue weighted by molar-refractivity contribution is 6.87. The fourth-order valence-corrected chi connectivity index (χ4v) is 15.1. The average molecular weight is 422 g/mol. The predicted molar refractivity (Wildman–Crippen MR) is 115 cm³/mol. The molecule has 0 fully saturated rings. The summed E-state index contributed by atoms with van der Waals surface area (Å²) in [5.41, 5.74) is 0.423. The van der Waals surface area contributed by atoms with Gasteiger partial charge in [0.2, 0.25) is 5.91 Å². The minimum Gasteiger partial charge on any atom is -0.437 e. The van der Waals surface area contributed by atoms with Gasteiger partial charge >= 0.3 is 8.56 Å². The molecule has 154 valence electrons. The second kappa shape index (κ2) is 10.9. The molecule has 0 aliphatic heterocycles. The third-order valence-electron chi connectivity index (χ3n) is 3.16. The van der Waals surface area contributed by atoms with E-state index >= 15 is 0 Å². The van der Waals surface area contributed by atoms with Gasteiger partial charge in [0.1, 0.15) is 0 Å². The first-order chi connectivity index (χ1) is 11.6. The van der Waals surface area contributed by atoms with Crippen LogP contribution in [0.25, 0.3) is 0 Å². The Kier molecular flexibility index (Phi) is 10.8. The van der Waals surface area contributed by atoms with Crippen LogP contribution in [0.15, 0.2) is 12.2 Å². The van der Waals surface area contributed by atoms with E-state index in [4.69, 9.17) is 13.0 Å². The van der Waals surface area contributed by atoms with Crippen molar-refractivity contribution in [1.82, 2.24) is 5.32 Å². The number of nitrogens with one attached hydrogen (secondary N) is 1. The monoisotopic (exact) mass is 421 g/mol. The lowest BCUT2D eigenvalue weighted by molar-refractivity contribution is -0.118. The lowest BCUT2D eigenvalue weighted by Gasteiger charge is -2.38. The highest BCUT2D eigenvalue weighted by Crippen LogP contribution is 2.25. The first kappa shape index (κ1) is 25.7. The third-order valence-corrected chi connectivity index (χ3v) is 12.8. The molecule has 1 atom stereocenters. The minimum atomic E-state index is -2.23. The highest BCUT2D eigenvalue weighted by atomic mass is 28.5. The molecule has 0 radical (unpaired) electrons. The average Bonchev–Trinajstić information content (AvgIpc) is 2.39. The molecule has 0 saturated carbocycles. The minimum absolute atomic E-state index is 0.162. The molecular formula is C17H39NO5Si3. The molecule has 0 aliphatic rings. The molecule has 0 aliphatic carbocycles. The summed E-state index contributed by atoms with van der Waals surface area (Å²) in [6.45, 7) is 21.4. The van der Waals surface area contributed by atoms with E-state index in [0.717, 1.165) is 12.5 Å². The van der Waals surface area contributed by atoms with E-state index in [0.29, 0.717) is 12.2 Å². The first-order valence-corrected chi connectivity index (χ1v) is 18.6. The Morgan fingerprint density at radius 2 is 1.58 bits per heavy atom. The lowest BCUT2D eigenvalue weighted by Crippen LogP contribution is -2.52. The molecule has 0 saturated heterocycles. The molecule has 0 heterocycles. The fourth-order valence-electron chi connectivity index (χ4n) is 2.55. The van der Waals surface area contributed by atoms with Crippen LogP contribution in [0, 0.1) is 0 Å². The zero-order valence-electron chi connectivity index (χ0n) is 17.9. The van der Waals surface area contributed by atoms with Gasteiger partial charge in [-0.3, -0.25) is 4.79 Å². The zero-order chi connectivity index (χ0) is 20.6. The number of hydrogen-bond donors (Lipinski definition) is 2. The van der Waals surface area contributed by atoms with E-state index in [9.17, 15) is 9.90 Å². The van der Waals surface area contributed by atoms with Crippen molar-refractivity contribution < 1.29 is 22.9 Å². The summed E-state index contributed by atoms with van der Waals surface area (Å²) in [6.07, 6.45) is 0.112. The van der Waals surface area contributed by atoms with Gasteiger partial charge in [-0.05, 0) is 65.2 Å². The van der Waals surface area contributed by atoms with Crippen LogP contribution >= 0.6 is 0 Å². The number of rotatable bonds is 13. The summed E-state index contributed by atoms with van der Waals surface area (Å²) in [5.74, 6) is -0.252. The molecular weight excluding hydrogens is 382 g/mol. The van der Waals surface area contributed by atoms with Crippen LogP contribution in [0.3, 0.4) is 0 Å². The van der Waals surface area contributed by atoms with Gasteiger partial charge in [0.15, 0.2) is 16.6 Å². The van der Waals surface area contributed by atoms with Gasteiger partial charge in [0.25, 0.3) is 0 Å². The molecule has 0 bridgehead atoms. The van der Waals surface area contributed by atoms with Crippen molar-refractivity contribution in [2.24, 2.45) is 0 Å². The van der Waals surface area contributed by atoms with Gasteiger partial charge in [0.05, 0.1) is 12.7 Å². The second-order valence-corrected chi connectivity index (χ2v) is 21.7. The van der Waals surface area contributed by atoms with Gasteiger partial charge in [-0.15, -0.1) is 0 Å². The van der Waals surface area contributed by atoms with Crippen molar-refractivity contribution in [1.29, 1.82) is 0 Å². The van der Waals surface area contributed by atoms with Gasteiger partial charge in [-0.1, -0.05) is 6.58 Å². The zero-order valence-corrected chi connectivity index (χ0v) is 20.9. The summed E-state index contributed by atoms with van der Waals surface area (Å²) in [6, 6.07) is 0.879. The maximum absolute atomic E-state index is 11.4. The SMILES string of the molecule is C=C(C)C(=O)NCC(O)COCCC[Si](C)(O[Si](C)(C)C)O[Si](C)(C)C. The van der Waals surface area contributed by atoms with Crippen LogP contribution in [-0.2, 0) is 17.8 Å². The highest BCUT2D eigenvalue weighted by Gasteiger charge is 2.39. The van der Waals surface area contributed by atoms with Gasteiger partial charge < -0.3 is 23.4 Å². The van der Waals surface area contributed by atoms with Crippen LogP contribution < -0.4 is 5.32 Å².